The van der Waals surface area contributed by atoms with Gasteiger partial charge in [0, 0.05) is 13.7 Å². The van der Waals surface area contributed by atoms with Crippen LogP contribution >= 0.6 is 12.4 Å². The normalized spacial score (nSPS) is 20.9. The van der Waals surface area contributed by atoms with Crippen molar-refractivity contribution >= 4 is 18.3 Å². The number of hydrogen-bond donors (Lipinski definition) is 2. The molecule has 0 aromatic carbocycles. The van der Waals surface area contributed by atoms with Crippen LogP contribution in [0.5, 0.6) is 0 Å². The molecule has 1 rings (SSSR count). The molecule has 1 aliphatic heterocycles. The van der Waals surface area contributed by atoms with Gasteiger partial charge in [-0.1, -0.05) is 0 Å². The van der Waals surface area contributed by atoms with Gasteiger partial charge in [0.25, 0.3) is 0 Å². The number of ether oxygens (including phenoxy) is 1. The standard InChI is InChI=1S/C10H20N2O2.ClH/c1-10(2,7-14-3)12-9(13)8-4-5-11-6-8;/h8,11H,4-7H2,1-3H3,(H,12,13);1H/t8-;/m1./s1. The van der Waals surface area contributed by atoms with Gasteiger partial charge in [-0.15, -0.1) is 12.4 Å². The van der Waals surface area contributed by atoms with E-state index in [-0.39, 0.29) is 29.8 Å². The highest BCUT2D eigenvalue weighted by Crippen LogP contribution is 2.10. The van der Waals surface area contributed by atoms with Gasteiger partial charge in [-0.25, -0.2) is 0 Å². The molecule has 4 nitrogen and oxygen atoms in total. The summed E-state index contributed by atoms with van der Waals surface area (Å²) in [6.45, 7) is 6.23. The first-order valence-electron chi connectivity index (χ1n) is 5.07. The molecule has 1 aliphatic rings. The van der Waals surface area contributed by atoms with Crippen LogP contribution < -0.4 is 10.6 Å². The summed E-state index contributed by atoms with van der Waals surface area (Å²) in [5.74, 6) is 0.267. The number of nitrogens with one attached hydrogen (secondary N) is 2. The van der Waals surface area contributed by atoms with Crippen molar-refractivity contribution in [3.05, 3.63) is 0 Å². The molecular formula is C10H21ClN2O2. The van der Waals surface area contributed by atoms with Crippen molar-refractivity contribution in [2.24, 2.45) is 5.92 Å². The summed E-state index contributed by atoms with van der Waals surface area (Å²) in [6, 6.07) is 0. The first-order valence-corrected chi connectivity index (χ1v) is 5.07. The van der Waals surface area contributed by atoms with E-state index in [4.69, 9.17) is 4.74 Å². The maximum atomic E-state index is 11.7. The molecule has 1 heterocycles. The van der Waals surface area contributed by atoms with E-state index in [1.807, 2.05) is 13.8 Å². The second-order valence-corrected chi connectivity index (χ2v) is 4.50. The summed E-state index contributed by atoms with van der Waals surface area (Å²) in [4.78, 5) is 11.7. The SMILES string of the molecule is COCC(C)(C)NC(=O)[C@@H]1CCNC1.Cl. The van der Waals surface area contributed by atoms with Gasteiger partial charge in [-0.3, -0.25) is 4.79 Å². The fourth-order valence-electron chi connectivity index (χ4n) is 1.71. The number of carbonyl (C=O) groups excluding carboxylic acids is 1. The predicted octanol–water partition coefficient (Wildman–Crippen LogP) is 0.559. The fraction of sp³-hybridized carbons (Fsp3) is 0.900. The number of rotatable bonds is 4. The molecule has 0 aromatic heterocycles. The van der Waals surface area contributed by atoms with E-state index in [0.29, 0.717) is 6.61 Å². The zero-order chi connectivity index (χ0) is 10.6. The lowest BCUT2D eigenvalue weighted by Crippen LogP contribution is -2.49. The second kappa shape index (κ2) is 6.30. The summed E-state index contributed by atoms with van der Waals surface area (Å²) < 4.78 is 5.04. The zero-order valence-corrected chi connectivity index (χ0v) is 10.4. The summed E-state index contributed by atoms with van der Waals surface area (Å²) in [5, 5.41) is 6.17. The Labute approximate surface area is 97.5 Å². The molecule has 0 unspecified atom stereocenters. The van der Waals surface area contributed by atoms with Gasteiger partial charge < -0.3 is 15.4 Å². The second-order valence-electron chi connectivity index (χ2n) is 4.50. The third-order valence-corrected chi connectivity index (χ3v) is 2.40. The minimum atomic E-state index is -0.269. The molecule has 90 valence electrons. The van der Waals surface area contributed by atoms with Crippen LogP contribution in [0.4, 0.5) is 0 Å². The topological polar surface area (TPSA) is 50.4 Å². The Morgan fingerprint density at radius 3 is 2.73 bits per heavy atom. The number of carbonyl (C=O) groups is 1. The maximum Gasteiger partial charge on any atom is 0.224 e. The van der Waals surface area contributed by atoms with Gasteiger partial charge in [0.05, 0.1) is 18.1 Å². The molecule has 0 aliphatic carbocycles. The summed E-state index contributed by atoms with van der Waals surface area (Å²) in [6.07, 6.45) is 0.939. The van der Waals surface area contributed by atoms with Crippen LogP contribution in [0, 0.1) is 5.92 Å². The molecule has 0 aromatic rings. The Morgan fingerprint density at radius 2 is 2.27 bits per heavy atom. The maximum absolute atomic E-state index is 11.7. The third kappa shape index (κ3) is 4.82. The molecule has 0 radical (unpaired) electrons. The first-order chi connectivity index (χ1) is 6.55. The van der Waals surface area contributed by atoms with Crippen molar-refractivity contribution in [2.45, 2.75) is 25.8 Å². The average Bonchev–Trinajstić information content (AvgIpc) is 2.53. The quantitative estimate of drug-likeness (QED) is 0.750. The van der Waals surface area contributed by atoms with Crippen molar-refractivity contribution in [3.8, 4) is 0 Å². The Bertz CT molecular complexity index is 204. The van der Waals surface area contributed by atoms with Crippen LogP contribution in [0.1, 0.15) is 20.3 Å². The summed E-state index contributed by atoms with van der Waals surface area (Å²) >= 11 is 0. The molecular weight excluding hydrogens is 216 g/mol. The number of hydrogen-bond acceptors (Lipinski definition) is 3. The van der Waals surface area contributed by atoms with Gasteiger partial charge in [0.1, 0.15) is 0 Å². The molecule has 15 heavy (non-hydrogen) atoms. The van der Waals surface area contributed by atoms with E-state index < -0.39 is 0 Å². The highest BCUT2D eigenvalue weighted by molar-refractivity contribution is 5.85. The Kier molecular flexibility index (Phi) is 6.17. The van der Waals surface area contributed by atoms with Crippen molar-refractivity contribution in [1.82, 2.24) is 10.6 Å². The van der Waals surface area contributed by atoms with Crippen LogP contribution in [0.25, 0.3) is 0 Å². The highest BCUT2D eigenvalue weighted by atomic mass is 35.5. The van der Waals surface area contributed by atoms with E-state index in [2.05, 4.69) is 10.6 Å². The smallest absolute Gasteiger partial charge is 0.224 e. The van der Waals surface area contributed by atoms with E-state index in [1.165, 1.54) is 0 Å². The molecule has 2 N–H and O–H groups in total. The molecule has 1 saturated heterocycles. The molecule has 0 bridgehead atoms. The largest absolute Gasteiger partial charge is 0.382 e. The molecule has 1 atom stereocenters. The molecule has 0 spiro atoms. The number of methoxy groups -OCH3 is 1. The minimum Gasteiger partial charge on any atom is -0.382 e. The van der Waals surface area contributed by atoms with E-state index >= 15 is 0 Å². The minimum absolute atomic E-state index is 0. The Morgan fingerprint density at radius 1 is 1.60 bits per heavy atom. The summed E-state index contributed by atoms with van der Waals surface area (Å²) in [5.41, 5.74) is -0.269. The Hall–Kier alpha value is -0.320. The van der Waals surface area contributed by atoms with Crippen LogP contribution in [0.3, 0.4) is 0 Å². The van der Waals surface area contributed by atoms with E-state index in [9.17, 15) is 4.79 Å². The lowest BCUT2D eigenvalue weighted by molar-refractivity contribution is -0.126. The highest BCUT2D eigenvalue weighted by Gasteiger charge is 2.27. The lowest BCUT2D eigenvalue weighted by Gasteiger charge is -2.26. The van der Waals surface area contributed by atoms with Crippen LogP contribution in [0.15, 0.2) is 0 Å². The number of amides is 1. The monoisotopic (exact) mass is 236 g/mol. The van der Waals surface area contributed by atoms with E-state index in [0.717, 1.165) is 19.5 Å². The van der Waals surface area contributed by atoms with Crippen LogP contribution in [-0.2, 0) is 9.53 Å². The predicted molar refractivity (Wildman–Crippen MR) is 62.3 cm³/mol. The number of halogens is 1. The third-order valence-electron chi connectivity index (χ3n) is 2.40. The van der Waals surface area contributed by atoms with Gasteiger partial charge in [0.15, 0.2) is 0 Å². The summed E-state index contributed by atoms with van der Waals surface area (Å²) in [7, 11) is 1.64. The van der Waals surface area contributed by atoms with Gasteiger partial charge in [0.2, 0.25) is 5.91 Å². The van der Waals surface area contributed by atoms with Crippen molar-refractivity contribution < 1.29 is 9.53 Å². The van der Waals surface area contributed by atoms with Crippen molar-refractivity contribution in [1.29, 1.82) is 0 Å². The van der Waals surface area contributed by atoms with Gasteiger partial charge in [-0.2, -0.15) is 0 Å². The molecule has 1 fully saturated rings. The fourth-order valence-corrected chi connectivity index (χ4v) is 1.71. The first kappa shape index (κ1) is 14.7. The van der Waals surface area contributed by atoms with Crippen molar-refractivity contribution in [2.75, 3.05) is 26.8 Å². The molecule has 5 heteroatoms. The Balaban J connectivity index is 0.00000196. The van der Waals surface area contributed by atoms with Crippen LogP contribution in [-0.4, -0.2) is 38.3 Å². The van der Waals surface area contributed by atoms with Crippen LogP contribution in [0.2, 0.25) is 0 Å². The van der Waals surface area contributed by atoms with Gasteiger partial charge >= 0.3 is 0 Å². The lowest BCUT2D eigenvalue weighted by atomic mass is 10.0. The zero-order valence-electron chi connectivity index (χ0n) is 9.63. The molecule has 0 saturated carbocycles. The van der Waals surface area contributed by atoms with Gasteiger partial charge in [-0.05, 0) is 26.8 Å². The average molecular weight is 237 g/mol. The van der Waals surface area contributed by atoms with Crippen molar-refractivity contribution in [3.63, 3.8) is 0 Å². The van der Waals surface area contributed by atoms with E-state index in [1.54, 1.807) is 7.11 Å². The molecule has 1 amide bonds.